The van der Waals surface area contributed by atoms with E-state index >= 15 is 0 Å². The van der Waals surface area contributed by atoms with Gasteiger partial charge in [-0.05, 0) is 37.4 Å². The number of nitrogens with one attached hydrogen (secondary N) is 1. The van der Waals surface area contributed by atoms with Crippen molar-refractivity contribution in [3.63, 3.8) is 0 Å². The Labute approximate surface area is 118 Å². The average Bonchev–Trinajstić information content (AvgIpc) is 2.48. The number of rotatable bonds is 7. The SMILES string of the molecule is O=C(O)c1ccccc1OCCNCC1CCOCC1. The third-order valence-electron chi connectivity index (χ3n) is 3.43. The first kappa shape index (κ1) is 14.8. The predicted molar refractivity (Wildman–Crippen MR) is 75.3 cm³/mol. The normalized spacial score (nSPS) is 16.0. The number of carboxylic acids is 1. The van der Waals surface area contributed by atoms with Gasteiger partial charge in [0.1, 0.15) is 17.9 Å². The lowest BCUT2D eigenvalue weighted by Crippen LogP contribution is -2.30. The number of hydrogen-bond donors (Lipinski definition) is 2. The highest BCUT2D eigenvalue weighted by molar-refractivity contribution is 5.90. The first-order valence-electron chi connectivity index (χ1n) is 7.01. The third kappa shape index (κ3) is 4.51. The van der Waals surface area contributed by atoms with Gasteiger partial charge in [0.25, 0.3) is 0 Å². The van der Waals surface area contributed by atoms with Gasteiger partial charge in [0.05, 0.1) is 0 Å². The molecule has 20 heavy (non-hydrogen) atoms. The molecule has 1 saturated heterocycles. The van der Waals surface area contributed by atoms with Crippen molar-refractivity contribution in [2.45, 2.75) is 12.8 Å². The Morgan fingerprint density at radius 3 is 2.85 bits per heavy atom. The summed E-state index contributed by atoms with van der Waals surface area (Å²) >= 11 is 0. The van der Waals surface area contributed by atoms with Gasteiger partial charge in [-0.15, -0.1) is 0 Å². The topological polar surface area (TPSA) is 67.8 Å². The lowest BCUT2D eigenvalue weighted by molar-refractivity contribution is 0.0661. The highest BCUT2D eigenvalue weighted by atomic mass is 16.5. The van der Waals surface area contributed by atoms with Crippen molar-refractivity contribution < 1.29 is 19.4 Å². The van der Waals surface area contributed by atoms with Crippen LogP contribution in [-0.4, -0.2) is 44.0 Å². The quantitative estimate of drug-likeness (QED) is 0.745. The molecule has 1 aromatic rings. The zero-order chi connectivity index (χ0) is 14.2. The molecule has 1 aliphatic heterocycles. The molecule has 0 unspecified atom stereocenters. The van der Waals surface area contributed by atoms with E-state index in [1.54, 1.807) is 24.3 Å². The second-order valence-electron chi connectivity index (χ2n) is 4.91. The van der Waals surface area contributed by atoms with Gasteiger partial charge in [-0.2, -0.15) is 0 Å². The monoisotopic (exact) mass is 279 g/mol. The summed E-state index contributed by atoms with van der Waals surface area (Å²) in [5.74, 6) is 0.138. The highest BCUT2D eigenvalue weighted by Crippen LogP contribution is 2.17. The standard InChI is InChI=1S/C15H21NO4/c17-15(18)13-3-1-2-4-14(13)20-10-7-16-11-12-5-8-19-9-6-12/h1-4,12,16H,5-11H2,(H,17,18). The molecule has 5 heteroatoms. The molecule has 1 heterocycles. The maximum absolute atomic E-state index is 11.0. The van der Waals surface area contributed by atoms with E-state index in [4.69, 9.17) is 14.6 Å². The van der Waals surface area contributed by atoms with Gasteiger partial charge >= 0.3 is 5.97 Å². The molecule has 0 radical (unpaired) electrons. The van der Waals surface area contributed by atoms with Gasteiger partial charge in [-0.1, -0.05) is 12.1 Å². The minimum Gasteiger partial charge on any atom is -0.491 e. The maximum atomic E-state index is 11.0. The van der Waals surface area contributed by atoms with Crippen LogP contribution in [-0.2, 0) is 4.74 Å². The molecule has 1 aliphatic rings. The number of carbonyl (C=O) groups is 1. The van der Waals surface area contributed by atoms with Crippen molar-refractivity contribution in [1.29, 1.82) is 0 Å². The van der Waals surface area contributed by atoms with Gasteiger partial charge in [-0.25, -0.2) is 4.79 Å². The molecule has 0 aromatic heterocycles. The lowest BCUT2D eigenvalue weighted by Gasteiger charge is -2.22. The molecule has 1 aromatic carbocycles. The van der Waals surface area contributed by atoms with Crippen LogP contribution in [0.3, 0.4) is 0 Å². The van der Waals surface area contributed by atoms with Crippen LogP contribution in [0.5, 0.6) is 5.75 Å². The number of benzene rings is 1. The van der Waals surface area contributed by atoms with Crippen LogP contribution in [0.2, 0.25) is 0 Å². The molecule has 0 bridgehead atoms. The molecule has 0 saturated carbocycles. The van der Waals surface area contributed by atoms with E-state index in [0.717, 1.165) is 32.6 Å². The molecule has 0 amide bonds. The van der Waals surface area contributed by atoms with Gasteiger partial charge in [0.2, 0.25) is 0 Å². The summed E-state index contributed by atoms with van der Waals surface area (Å²) < 4.78 is 10.8. The van der Waals surface area contributed by atoms with Crippen molar-refractivity contribution in [3.8, 4) is 5.75 Å². The molecule has 110 valence electrons. The van der Waals surface area contributed by atoms with Crippen LogP contribution >= 0.6 is 0 Å². The largest absolute Gasteiger partial charge is 0.491 e. The predicted octanol–water partition coefficient (Wildman–Crippen LogP) is 1.78. The van der Waals surface area contributed by atoms with E-state index in [-0.39, 0.29) is 5.56 Å². The fourth-order valence-electron chi connectivity index (χ4n) is 2.26. The van der Waals surface area contributed by atoms with Gasteiger partial charge in [-0.3, -0.25) is 0 Å². The fraction of sp³-hybridized carbons (Fsp3) is 0.533. The van der Waals surface area contributed by atoms with E-state index in [9.17, 15) is 4.79 Å². The van der Waals surface area contributed by atoms with Crippen molar-refractivity contribution in [2.24, 2.45) is 5.92 Å². The van der Waals surface area contributed by atoms with Gasteiger partial charge < -0.3 is 19.9 Å². The smallest absolute Gasteiger partial charge is 0.339 e. The number of aromatic carboxylic acids is 1. The van der Waals surface area contributed by atoms with Crippen molar-refractivity contribution >= 4 is 5.97 Å². The summed E-state index contributed by atoms with van der Waals surface area (Å²) in [5, 5.41) is 12.4. The van der Waals surface area contributed by atoms with Crippen molar-refractivity contribution in [2.75, 3.05) is 32.9 Å². The number of ether oxygens (including phenoxy) is 2. The summed E-state index contributed by atoms with van der Waals surface area (Å²) in [6, 6.07) is 6.70. The Hall–Kier alpha value is -1.59. The van der Waals surface area contributed by atoms with Crippen molar-refractivity contribution in [1.82, 2.24) is 5.32 Å². The summed E-state index contributed by atoms with van der Waals surface area (Å²) in [6.45, 7) is 3.86. The van der Waals surface area contributed by atoms with Crippen LogP contribution in [0.25, 0.3) is 0 Å². The van der Waals surface area contributed by atoms with Crippen LogP contribution in [0.1, 0.15) is 23.2 Å². The second kappa shape index (κ2) is 7.87. The highest BCUT2D eigenvalue weighted by Gasteiger charge is 2.13. The Bertz CT molecular complexity index is 430. The average molecular weight is 279 g/mol. The van der Waals surface area contributed by atoms with Crippen LogP contribution < -0.4 is 10.1 Å². The van der Waals surface area contributed by atoms with Gasteiger partial charge in [0.15, 0.2) is 0 Å². The number of para-hydroxylation sites is 1. The lowest BCUT2D eigenvalue weighted by atomic mass is 10.0. The zero-order valence-corrected chi connectivity index (χ0v) is 11.5. The van der Waals surface area contributed by atoms with E-state index in [1.807, 2.05) is 0 Å². The fourth-order valence-corrected chi connectivity index (χ4v) is 2.26. The number of carboxylic acid groups (broad SMARTS) is 1. The van der Waals surface area contributed by atoms with Crippen LogP contribution in [0, 0.1) is 5.92 Å². The Kier molecular flexibility index (Phi) is 5.83. The maximum Gasteiger partial charge on any atom is 0.339 e. The van der Waals surface area contributed by atoms with Crippen LogP contribution in [0.15, 0.2) is 24.3 Å². The summed E-state index contributed by atoms with van der Waals surface area (Å²) in [4.78, 5) is 11.0. The van der Waals surface area contributed by atoms with E-state index in [1.165, 1.54) is 0 Å². The summed E-state index contributed by atoms with van der Waals surface area (Å²) in [7, 11) is 0. The van der Waals surface area contributed by atoms with E-state index in [0.29, 0.717) is 24.8 Å². The molecule has 0 spiro atoms. The second-order valence-corrected chi connectivity index (χ2v) is 4.91. The van der Waals surface area contributed by atoms with Crippen LogP contribution in [0.4, 0.5) is 0 Å². The third-order valence-corrected chi connectivity index (χ3v) is 3.43. The van der Waals surface area contributed by atoms with E-state index in [2.05, 4.69) is 5.32 Å². The Morgan fingerprint density at radius 2 is 2.10 bits per heavy atom. The summed E-state index contributed by atoms with van der Waals surface area (Å²) in [5.41, 5.74) is 0.205. The minimum atomic E-state index is -0.962. The van der Waals surface area contributed by atoms with Crippen molar-refractivity contribution in [3.05, 3.63) is 29.8 Å². The van der Waals surface area contributed by atoms with Gasteiger partial charge in [0, 0.05) is 19.8 Å². The van der Waals surface area contributed by atoms with E-state index < -0.39 is 5.97 Å². The molecule has 0 aliphatic carbocycles. The minimum absolute atomic E-state index is 0.205. The zero-order valence-electron chi connectivity index (χ0n) is 11.5. The molecular formula is C15H21NO4. The molecular weight excluding hydrogens is 258 g/mol. The Morgan fingerprint density at radius 1 is 1.35 bits per heavy atom. The summed E-state index contributed by atoms with van der Waals surface area (Å²) in [6.07, 6.45) is 2.21. The molecule has 1 fully saturated rings. The molecule has 2 N–H and O–H groups in total. The first-order valence-corrected chi connectivity index (χ1v) is 7.01. The number of hydrogen-bond acceptors (Lipinski definition) is 4. The Balaban J connectivity index is 1.67. The first-order chi connectivity index (χ1) is 9.77. The molecule has 5 nitrogen and oxygen atoms in total. The molecule has 0 atom stereocenters. The molecule has 2 rings (SSSR count).